The second-order valence-corrected chi connectivity index (χ2v) is 9.46. The van der Waals surface area contributed by atoms with Crippen LogP contribution < -0.4 is 4.74 Å². The average Bonchev–Trinajstić information content (AvgIpc) is 3.04. The minimum absolute atomic E-state index is 0.243. The molecule has 0 N–H and O–H groups in total. The second kappa shape index (κ2) is 9.70. The summed E-state index contributed by atoms with van der Waals surface area (Å²) in [5.74, 6) is -0.341. The lowest BCUT2D eigenvalue weighted by atomic mass is 10.1. The van der Waals surface area contributed by atoms with Crippen LogP contribution in [0.15, 0.2) is 77.7 Å². The van der Waals surface area contributed by atoms with Crippen LogP contribution in [0.25, 0.3) is 6.08 Å². The molecule has 4 rings (SSSR count). The molecule has 160 valence electrons. The molecule has 1 aliphatic rings. The van der Waals surface area contributed by atoms with E-state index in [4.69, 9.17) is 4.74 Å². The number of ether oxygens (including phenoxy) is 1. The molecule has 0 bridgehead atoms. The molecule has 0 atom stereocenters. The summed E-state index contributed by atoms with van der Waals surface area (Å²) in [6, 6.07) is 21.7. The zero-order valence-corrected chi connectivity index (χ0v) is 20.1. The van der Waals surface area contributed by atoms with E-state index in [-0.39, 0.29) is 17.7 Å². The van der Waals surface area contributed by atoms with Crippen molar-refractivity contribution < 1.29 is 19.1 Å². The number of esters is 1. The monoisotopic (exact) mass is 555 g/mol. The fraction of sp³-hybridized carbons (Fsp3) is 0.0800. The van der Waals surface area contributed by atoms with Gasteiger partial charge in [0.25, 0.3) is 11.1 Å². The number of halogens is 1. The number of carbonyl (C=O) groups excluding carboxylic acids is 3. The van der Waals surface area contributed by atoms with Gasteiger partial charge in [-0.1, -0.05) is 42.0 Å². The molecule has 0 aromatic heterocycles. The lowest BCUT2D eigenvalue weighted by Gasteiger charge is -2.12. The van der Waals surface area contributed by atoms with Crippen LogP contribution in [0.5, 0.6) is 5.75 Å². The number of benzene rings is 3. The van der Waals surface area contributed by atoms with Crippen LogP contribution in [0.4, 0.5) is 4.79 Å². The maximum absolute atomic E-state index is 12.7. The Hall–Kier alpha value is -2.91. The van der Waals surface area contributed by atoms with Crippen LogP contribution in [0.3, 0.4) is 0 Å². The Balaban J connectivity index is 1.43. The van der Waals surface area contributed by atoms with Crippen molar-refractivity contribution in [1.29, 1.82) is 0 Å². The van der Waals surface area contributed by atoms with E-state index < -0.39 is 5.97 Å². The first-order valence-electron chi connectivity index (χ1n) is 9.78. The largest absolute Gasteiger partial charge is 0.423 e. The third-order valence-electron chi connectivity index (χ3n) is 4.77. The summed E-state index contributed by atoms with van der Waals surface area (Å²) in [5, 5.41) is -0.288. The van der Waals surface area contributed by atoms with E-state index in [1.54, 1.807) is 48.5 Å². The second-order valence-electron chi connectivity index (χ2n) is 7.22. The van der Waals surface area contributed by atoms with Crippen molar-refractivity contribution in [2.45, 2.75) is 13.5 Å². The topological polar surface area (TPSA) is 63.7 Å². The zero-order chi connectivity index (χ0) is 22.7. The lowest BCUT2D eigenvalue weighted by Crippen LogP contribution is -2.27. The maximum atomic E-state index is 12.7. The molecule has 0 spiro atoms. The molecule has 0 saturated carbocycles. The molecule has 32 heavy (non-hydrogen) atoms. The quantitative estimate of drug-likeness (QED) is 0.166. The molecule has 0 radical (unpaired) electrons. The molecular formula is C25H18INO4S. The first-order chi connectivity index (χ1) is 15.4. The summed E-state index contributed by atoms with van der Waals surface area (Å²) in [5.41, 5.74) is 3.09. The van der Waals surface area contributed by atoms with Gasteiger partial charge in [-0.3, -0.25) is 14.5 Å². The van der Waals surface area contributed by atoms with Gasteiger partial charge >= 0.3 is 5.97 Å². The fourth-order valence-electron chi connectivity index (χ4n) is 3.13. The number of rotatable bonds is 5. The molecule has 3 aromatic carbocycles. The van der Waals surface area contributed by atoms with Crippen molar-refractivity contribution in [3.8, 4) is 5.75 Å². The predicted molar refractivity (Wildman–Crippen MR) is 133 cm³/mol. The maximum Gasteiger partial charge on any atom is 0.343 e. The molecule has 1 fully saturated rings. The smallest absolute Gasteiger partial charge is 0.343 e. The van der Waals surface area contributed by atoms with Gasteiger partial charge in [-0.15, -0.1) is 0 Å². The van der Waals surface area contributed by atoms with E-state index in [9.17, 15) is 14.4 Å². The summed E-state index contributed by atoms with van der Waals surface area (Å²) >= 11 is 3.13. The van der Waals surface area contributed by atoms with E-state index in [0.29, 0.717) is 16.2 Å². The Morgan fingerprint density at radius 1 is 1.03 bits per heavy atom. The van der Waals surface area contributed by atoms with Crippen LogP contribution in [-0.4, -0.2) is 22.0 Å². The van der Waals surface area contributed by atoms with Crippen molar-refractivity contribution in [1.82, 2.24) is 4.90 Å². The van der Waals surface area contributed by atoms with Crippen LogP contribution in [0, 0.1) is 10.5 Å². The number of imide groups is 1. The molecular weight excluding hydrogens is 537 g/mol. The van der Waals surface area contributed by atoms with Gasteiger partial charge in [0, 0.05) is 3.57 Å². The van der Waals surface area contributed by atoms with E-state index in [0.717, 1.165) is 32.0 Å². The van der Waals surface area contributed by atoms with Gasteiger partial charge in [0.1, 0.15) is 5.75 Å². The van der Waals surface area contributed by atoms with E-state index in [1.165, 1.54) is 4.90 Å². The number of carbonyl (C=O) groups is 3. The van der Waals surface area contributed by atoms with Crippen LogP contribution in [0.2, 0.25) is 0 Å². The molecule has 3 aromatic rings. The van der Waals surface area contributed by atoms with Gasteiger partial charge < -0.3 is 4.74 Å². The van der Waals surface area contributed by atoms with Crippen molar-refractivity contribution >= 4 is 57.5 Å². The van der Waals surface area contributed by atoms with Gasteiger partial charge in [-0.05, 0) is 94.9 Å². The summed E-state index contributed by atoms with van der Waals surface area (Å²) in [6.45, 7) is 2.15. The Morgan fingerprint density at radius 3 is 2.44 bits per heavy atom. The number of nitrogens with zero attached hydrogens (tertiary/aromatic N) is 1. The van der Waals surface area contributed by atoms with E-state index in [1.807, 2.05) is 37.3 Å². The third kappa shape index (κ3) is 5.28. The Bertz CT molecular complexity index is 1220. The first-order valence-corrected chi connectivity index (χ1v) is 11.7. The molecule has 1 heterocycles. The summed E-state index contributed by atoms with van der Waals surface area (Å²) in [7, 11) is 0. The van der Waals surface area contributed by atoms with Crippen molar-refractivity contribution in [3.63, 3.8) is 0 Å². The lowest BCUT2D eigenvalue weighted by molar-refractivity contribution is -0.123. The Morgan fingerprint density at radius 2 is 1.75 bits per heavy atom. The zero-order valence-electron chi connectivity index (χ0n) is 17.1. The standard InChI is InChI=1S/C25H18INO4S/c1-16-3-2-4-19(13-16)24(29)31-21-11-7-17(8-12-21)14-22-23(28)27(25(30)32-22)15-18-5-9-20(26)10-6-18/h2-14H,15H2,1H3/b22-14-. The number of amides is 2. The molecule has 0 aliphatic carbocycles. The summed E-state index contributed by atoms with van der Waals surface area (Å²) in [4.78, 5) is 39.0. The molecule has 2 amide bonds. The van der Waals surface area contributed by atoms with Crippen LogP contribution in [0.1, 0.15) is 27.0 Å². The average molecular weight is 555 g/mol. The number of thioether (sulfide) groups is 1. The van der Waals surface area contributed by atoms with Gasteiger partial charge in [0.2, 0.25) is 0 Å². The van der Waals surface area contributed by atoms with E-state index >= 15 is 0 Å². The SMILES string of the molecule is Cc1cccc(C(=O)Oc2ccc(/C=C3\SC(=O)N(Cc4ccc(I)cc4)C3=O)cc2)c1. The molecule has 1 saturated heterocycles. The predicted octanol–water partition coefficient (Wildman–Crippen LogP) is 6.06. The molecule has 0 unspecified atom stereocenters. The minimum Gasteiger partial charge on any atom is -0.423 e. The third-order valence-corrected chi connectivity index (χ3v) is 6.40. The Kier molecular flexibility index (Phi) is 6.76. The highest BCUT2D eigenvalue weighted by Crippen LogP contribution is 2.33. The van der Waals surface area contributed by atoms with Crippen molar-refractivity contribution in [3.05, 3.63) is 104 Å². The number of aryl methyl sites for hydroxylation is 1. The molecule has 7 heteroatoms. The minimum atomic E-state index is -0.432. The highest BCUT2D eigenvalue weighted by Gasteiger charge is 2.34. The Labute approximate surface area is 203 Å². The molecule has 5 nitrogen and oxygen atoms in total. The van der Waals surface area contributed by atoms with Crippen LogP contribution in [-0.2, 0) is 11.3 Å². The van der Waals surface area contributed by atoms with Gasteiger partial charge in [0.15, 0.2) is 0 Å². The highest BCUT2D eigenvalue weighted by atomic mass is 127. The molecule has 1 aliphatic heterocycles. The fourth-order valence-corrected chi connectivity index (χ4v) is 4.33. The van der Waals surface area contributed by atoms with Crippen molar-refractivity contribution in [2.75, 3.05) is 0 Å². The van der Waals surface area contributed by atoms with Gasteiger partial charge in [-0.25, -0.2) is 4.79 Å². The number of hydrogen-bond donors (Lipinski definition) is 0. The summed E-state index contributed by atoms with van der Waals surface area (Å²) in [6.07, 6.45) is 1.67. The van der Waals surface area contributed by atoms with E-state index in [2.05, 4.69) is 22.6 Å². The van der Waals surface area contributed by atoms with Crippen molar-refractivity contribution in [2.24, 2.45) is 0 Å². The van der Waals surface area contributed by atoms with Gasteiger partial charge in [0.05, 0.1) is 17.0 Å². The number of hydrogen-bond acceptors (Lipinski definition) is 5. The van der Waals surface area contributed by atoms with Crippen LogP contribution >= 0.6 is 34.4 Å². The summed E-state index contributed by atoms with van der Waals surface area (Å²) < 4.78 is 6.51. The first kappa shape index (κ1) is 22.3. The highest BCUT2D eigenvalue weighted by molar-refractivity contribution is 14.1. The van der Waals surface area contributed by atoms with Gasteiger partial charge in [-0.2, -0.15) is 0 Å². The normalized spacial score (nSPS) is 14.8.